The van der Waals surface area contributed by atoms with E-state index in [4.69, 9.17) is 4.74 Å². The summed E-state index contributed by atoms with van der Waals surface area (Å²) >= 11 is 3.72. The summed E-state index contributed by atoms with van der Waals surface area (Å²) < 4.78 is 7.44. The van der Waals surface area contributed by atoms with E-state index in [2.05, 4.69) is 85.8 Å². The fraction of sp³-hybridized carbons (Fsp3) is 0.320. The third kappa shape index (κ3) is 4.64. The standard InChI is InChI=1S/C25H27BrO/c1-5-17(2)10-6-7-11-20-16-24(26)25(19(4)18(20)3)27-23-14-21-12-8-9-13-22(21)15-23/h6,8-13,16,23H,5,14-15H2,1-4H3. The van der Waals surface area contributed by atoms with E-state index in [0.717, 1.165) is 29.5 Å². The Hall–Kier alpha value is -2.02. The molecule has 0 bridgehead atoms. The van der Waals surface area contributed by atoms with Gasteiger partial charge in [-0.1, -0.05) is 42.8 Å². The van der Waals surface area contributed by atoms with Crippen LogP contribution in [0.3, 0.4) is 0 Å². The molecular weight excluding hydrogens is 396 g/mol. The lowest BCUT2D eigenvalue weighted by molar-refractivity contribution is 0.211. The molecule has 0 aromatic heterocycles. The minimum Gasteiger partial charge on any atom is -0.488 e. The van der Waals surface area contributed by atoms with Crippen molar-refractivity contribution < 1.29 is 4.74 Å². The van der Waals surface area contributed by atoms with Gasteiger partial charge >= 0.3 is 0 Å². The van der Waals surface area contributed by atoms with E-state index >= 15 is 0 Å². The summed E-state index contributed by atoms with van der Waals surface area (Å²) in [5, 5.41) is 0. The molecule has 0 fully saturated rings. The van der Waals surface area contributed by atoms with Crippen molar-refractivity contribution in [3.63, 3.8) is 0 Å². The Bertz CT molecular complexity index is 905. The Balaban J connectivity index is 1.81. The second-order valence-electron chi connectivity index (χ2n) is 7.29. The average Bonchev–Trinajstić information content (AvgIpc) is 3.08. The molecule has 140 valence electrons. The van der Waals surface area contributed by atoms with Gasteiger partial charge in [0.05, 0.1) is 4.47 Å². The van der Waals surface area contributed by atoms with Crippen LogP contribution in [-0.4, -0.2) is 6.10 Å². The van der Waals surface area contributed by atoms with Crippen LogP contribution in [0.2, 0.25) is 0 Å². The van der Waals surface area contributed by atoms with Crippen LogP contribution in [-0.2, 0) is 12.8 Å². The Morgan fingerprint density at radius 2 is 1.85 bits per heavy atom. The first-order valence-corrected chi connectivity index (χ1v) is 10.4. The second kappa shape index (κ2) is 8.78. The first-order chi connectivity index (χ1) is 13.0. The minimum atomic E-state index is 0.209. The summed E-state index contributed by atoms with van der Waals surface area (Å²) in [4.78, 5) is 0. The van der Waals surface area contributed by atoms with Crippen LogP contribution < -0.4 is 4.74 Å². The summed E-state index contributed by atoms with van der Waals surface area (Å²) in [5.41, 5.74) is 11.0. The van der Waals surface area contributed by atoms with Crippen LogP contribution in [0.1, 0.15) is 48.1 Å². The highest BCUT2D eigenvalue weighted by atomic mass is 79.9. The average molecular weight is 423 g/mol. The van der Waals surface area contributed by atoms with Crippen molar-refractivity contribution in [3.8, 4) is 5.75 Å². The number of rotatable bonds is 5. The first-order valence-electron chi connectivity index (χ1n) is 9.61. The molecule has 0 N–H and O–H groups in total. The molecule has 1 nitrogen and oxygen atoms in total. The molecule has 2 heteroatoms. The molecule has 2 aromatic rings. The predicted molar refractivity (Wildman–Crippen MR) is 118 cm³/mol. The van der Waals surface area contributed by atoms with E-state index in [0.29, 0.717) is 0 Å². The van der Waals surface area contributed by atoms with Gasteiger partial charge in [-0.2, -0.15) is 0 Å². The molecule has 0 amide bonds. The van der Waals surface area contributed by atoms with E-state index < -0.39 is 0 Å². The van der Waals surface area contributed by atoms with Crippen LogP contribution >= 0.6 is 15.9 Å². The summed E-state index contributed by atoms with van der Waals surface area (Å²) in [7, 11) is 0. The molecule has 0 heterocycles. The summed E-state index contributed by atoms with van der Waals surface area (Å²) in [6.45, 7) is 8.59. The van der Waals surface area contributed by atoms with Crippen LogP contribution in [0.25, 0.3) is 6.08 Å². The highest BCUT2D eigenvalue weighted by Crippen LogP contribution is 2.36. The number of fused-ring (bicyclic) bond motifs is 1. The van der Waals surface area contributed by atoms with Gasteiger partial charge in [-0.3, -0.25) is 0 Å². The lowest BCUT2D eigenvalue weighted by Crippen LogP contribution is -2.17. The normalized spacial score (nSPS) is 13.9. The van der Waals surface area contributed by atoms with Crippen LogP contribution in [0, 0.1) is 13.8 Å². The van der Waals surface area contributed by atoms with E-state index in [1.807, 2.05) is 12.2 Å². The van der Waals surface area contributed by atoms with Gasteiger partial charge in [0, 0.05) is 12.8 Å². The zero-order valence-corrected chi connectivity index (χ0v) is 18.2. The van der Waals surface area contributed by atoms with E-state index in [1.165, 1.54) is 33.4 Å². The largest absolute Gasteiger partial charge is 0.488 e. The van der Waals surface area contributed by atoms with Crippen molar-refractivity contribution in [2.75, 3.05) is 0 Å². The van der Waals surface area contributed by atoms with Gasteiger partial charge in [-0.05, 0) is 89.2 Å². The van der Waals surface area contributed by atoms with Crippen LogP contribution in [0.5, 0.6) is 5.75 Å². The molecule has 27 heavy (non-hydrogen) atoms. The number of hydrogen-bond donors (Lipinski definition) is 0. The molecule has 1 aliphatic rings. The maximum Gasteiger partial charge on any atom is 0.137 e. The Morgan fingerprint density at radius 1 is 1.19 bits per heavy atom. The van der Waals surface area contributed by atoms with Gasteiger partial charge in [0.25, 0.3) is 0 Å². The van der Waals surface area contributed by atoms with Crippen molar-refractivity contribution in [3.05, 3.63) is 86.1 Å². The van der Waals surface area contributed by atoms with Crippen LogP contribution in [0.15, 0.2) is 58.3 Å². The third-order valence-electron chi connectivity index (χ3n) is 5.39. The molecule has 3 rings (SSSR count). The zero-order valence-electron chi connectivity index (χ0n) is 16.6. The quantitative estimate of drug-likeness (QED) is 0.367. The number of benzene rings is 2. The number of halogens is 1. The summed E-state index contributed by atoms with van der Waals surface area (Å²) in [5.74, 6) is 0.966. The number of allylic oxidation sites excluding steroid dienone is 3. The number of hydrogen-bond acceptors (Lipinski definition) is 1. The fourth-order valence-corrected chi connectivity index (χ4v) is 4.02. The Labute approximate surface area is 171 Å². The molecule has 0 spiro atoms. The second-order valence-corrected chi connectivity index (χ2v) is 8.14. The van der Waals surface area contributed by atoms with E-state index in [1.54, 1.807) is 0 Å². The highest BCUT2D eigenvalue weighted by molar-refractivity contribution is 9.10. The monoisotopic (exact) mass is 422 g/mol. The number of ether oxygens (including phenoxy) is 1. The van der Waals surface area contributed by atoms with Gasteiger partial charge in [0.2, 0.25) is 0 Å². The Morgan fingerprint density at radius 3 is 2.48 bits per heavy atom. The molecule has 2 aromatic carbocycles. The smallest absolute Gasteiger partial charge is 0.137 e. The first kappa shape index (κ1) is 19.7. The SMILES string of the molecule is CCC(C)=CC=C=Cc1cc(Br)c(OC2Cc3ccccc3C2)c(C)c1C. The maximum absolute atomic E-state index is 6.43. The van der Waals surface area contributed by atoms with Gasteiger partial charge in [-0.25, -0.2) is 0 Å². The predicted octanol–water partition coefficient (Wildman–Crippen LogP) is 7.14. The highest BCUT2D eigenvalue weighted by Gasteiger charge is 2.24. The molecule has 0 unspecified atom stereocenters. The lowest BCUT2D eigenvalue weighted by Gasteiger charge is -2.19. The van der Waals surface area contributed by atoms with Gasteiger partial charge in [-0.15, -0.1) is 5.73 Å². The van der Waals surface area contributed by atoms with Crippen molar-refractivity contribution in [2.45, 2.75) is 53.1 Å². The van der Waals surface area contributed by atoms with Crippen molar-refractivity contribution in [1.82, 2.24) is 0 Å². The molecule has 1 aliphatic carbocycles. The van der Waals surface area contributed by atoms with Crippen molar-refractivity contribution in [2.24, 2.45) is 0 Å². The topological polar surface area (TPSA) is 9.23 Å². The molecule has 0 saturated carbocycles. The molecule has 0 radical (unpaired) electrons. The minimum absolute atomic E-state index is 0.209. The van der Waals surface area contributed by atoms with Gasteiger partial charge < -0.3 is 4.74 Å². The van der Waals surface area contributed by atoms with E-state index in [9.17, 15) is 0 Å². The Kier molecular flexibility index (Phi) is 6.42. The molecule has 0 saturated heterocycles. The fourth-order valence-electron chi connectivity index (χ4n) is 3.39. The van der Waals surface area contributed by atoms with Crippen molar-refractivity contribution in [1.29, 1.82) is 0 Å². The third-order valence-corrected chi connectivity index (χ3v) is 5.98. The molecule has 0 aliphatic heterocycles. The summed E-state index contributed by atoms with van der Waals surface area (Å²) in [6, 6.07) is 10.8. The lowest BCUT2D eigenvalue weighted by atomic mass is 10.0. The van der Waals surface area contributed by atoms with Gasteiger partial charge in [0.15, 0.2) is 0 Å². The van der Waals surface area contributed by atoms with Crippen molar-refractivity contribution >= 4 is 22.0 Å². The molecule has 0 atom stereocenters. The van der Waals surface area contributed by atoms with Gasteiger partial charge in [0.1, 0.15) is 11.9 Å². The van der Waals surface area contributed by atoms with Crippen LogP contribution in [0.4, 0.5) is 0 Å². The molecular formula is C25H27BrO. The van der Waals surface area contributed by atoms with E-state index in [-0.39, 0.29) is 6.10 Å². The zero-order chi connectivity index (χ0) is 19.4. The summed E-state index contributed by atoms with van der Waals surface area (Å²) in [6.07, 6.45) is 9.38. The maximum atomic E-state index is 6.43.